The molecule has 0 fully saturated rings. The van der Waals surface area contributed by atoms with Crippen molar-refractivity contribution in [2.75, 3.05) is 9.80 Å². The van der Waals surface area contributed by atoms with Gasteiger partial charge in [-0.15, -0.1) is 0 Å². The van der Waals surface area contributed by atoms with Crippen LogP contribution in [0.4, 0.5) is 34.1 Å². The van der Waals surface area contributed by atoms with E-state index in [1.807, 2.05) is 0 Å². The second kappa shape index (κ2) is 17.4. The van der Waals surface area contributed by atoms with E-state index in [0.29, 0.717) is 0 Å². The van der Waals surface area contributed by atoms with Crippen molar-refractivity contribution in [3.8, 4) is 45.3 Å². The van der Waals surface area contributed by atoms with E-state index in [0.717, 1.165) is 90.1 Å². The molecule has 0 unspecified atom stereocenters. The summed E-state index contributed by atoms with van der Waals surface area (Å²) in [7, 11) is 0. The predicted octanol–water partition coefficient (Wildman–Crippen LogP) is 15.6. The van der Waals surface area contributed by atoms with Crippen molar-refractivity contribution in [1.29, 1.82) is 0 Å². The number of aryl methyl sites for hydroxylation is 2. The van der Waals surface area contributed by atoms with Crippen LogP contribution in [0.5, 0.6) is 23.0 Å². The first-order valence-electron chi connectivity index (χ1n) is 28.1. The van der Waals surface area contributed by atoms with Crippen molar-refractivity contribution in [2.45, 2.75) is 119 Å². The average molecular weight is 1020 g/mol. The van der Waals surface area contributed by atoms with Gasteiger partial charge < -0.3 is 19.3 Å². The van der Waals surface area contributed by atoms with Crippen LogP contribution in [0.3, 0.4) is 0 Å². The lowest BCUT2D eigenvalue weighted by molar-refractivity contribution is 0.477. The number of fused-ring (bicyclic) bond motifs is 10. The van der Waals surface area contributed by atoms with Gasteiger partial charge in [-0.25, -0.2) is 0 Å². The van der Waals surface area contributed by atoms with Crippen LogP contribution in [-0.4, -0.2) is 13.4 Å². The van der Waals surface area contributed by atoms with Gasteiger partial charge in [0.1, 0.15) is 23.0 Å². The highest BCUT2D eigenvalue weighted by Crippen LogP contribution is 2.54. The first kappa shape index (κ1) is 49.9. The molecule has 9 aromatic rings. The Hall–Kier alpha value is -7.69. The Morgan fingerprint density at radius 1 is 0.321 bits per heavy atom. The minimum atomic E-state index is -0.213. The summed E-state index contributed by atoms with van der Waals surface area (Å²) in [4.78, 5) is 5.03. The highest BCUT2D eigenvalue weighted by molar-refractivity contribution is 7.02. The minimum Gasteiger partial charge on any atom is -0.456 e. The van der Waals surface area contributed by atoms with E-state index in [4.69, 9.17) is 9.47 Å². The SMILES string of the molecule is Cc1ccc(-c2ccc3c(c2)B2c4cc(C(C)(C)C)ccc4N(c4ccc(C(C)(C)C)cc4)c4c5c6c(c(c42)O3)N(c2ccc(C(C)(C)C)cc2)c2ccc(C(C)(C)C)cc2B6c2cc(-c3ccc(C)cc3)ccc2O5)cc1. The van der Waals surface area contributed by atoms with Gasteiger partial charge >= 0.3 is 0 Å². The fourth-order valence-electron chi connectivity index (χ4n) is 12.6. The zero-order valence-corrected chi connectivity index (χ0v) is 48.0. The first-order chi connectivity index (χ1) is 37.0. The van der Waals surface area contributed by atoms with Crippen LogP contribution in [-0.2, 0) is 21.7 Å². The molecule has 0 saturated heterocycles. The quantitative estimate of drug-likeness (QED) is 0.164. The normalized spacial score (nSPS) is 14.1. The summed E-state index contributed by atoms with van der Waals surface area (Å²) in [6, 6.07) is 64.7. The summed E-state index contributed by atoms with van der Waals surface area (Å²) in [5.74, 6) is 3.47. The Kier molecular flexibility index (Phi) is 11.1. The molecule has 0 atom stereocenters. The Labute approximate surface area is 464 Å². The molecule has 4 aliphatic heterocycles. The van der Waals surface area contributed by atoms with E-state index in [-0.39, 0.29) is 35.1 Å². The molecule has 6 heteroatoms. The molecule has 0 amide bonds. The summed E-state index contributed by atoms with van der Waals surface area (Å²) in [5, 5.41) is 0. The van der Waals surface area contributed by atoms with Gasteiger partial charge in [-0.1, -0.05) is 216 Å². The van der Waals surface area contributed by atoms with E-state index >= 15 is 0 Å². The molecular weight excluding hydrogens is 946 g/mol. The van der Waals surface area contributed by atoms with Gasteiger partial charge in [0, 0.05) is 33.7 Å². The van der Waals surface area contributed by atoms with Gasteiger partial charge in [0.05, 0.1) is 11.4 Å². The highest BCUT2D eigenvalue weighted by atomic mass is 16.5. The third-order valence-electron chi connectivity index (χ3n) is 17.2. The van der Waals surface area contributed by atoms with Gasteiger partial charge in [-0.05, 0) is 150 Å². The predicted molar refractivity (Wildman–Crippen MR) is 333 cm³/mol. The largest absolute Gasteiger partial charge is 0.456 e. The van der Waals surface area contributed by atoms with Gasteiger partial charge in [0.15, 0.2) is 0 Å². The zero-order valence-electron chi connectivity index (χ0n) is 48.0. The number of anilines is 6. The molecule has 0 saturated carbocycles. The standard InChI is InChI=1S/C72H70B2N2O2/c1-43-15-19-45(20-16-43)47-23-37-61-57(39-47)73-55-41-51(71(9,10)11)29-35-59(55)75(53-31-25-49(26-32-53)69(3,4)5)65-63(73)67(77-61)66-64-68(65)78-62-38-24-48(46-21-17-44(2)18-22-46)40-58(62)74(64)56-42-52(72(12,13)14)30-36-60(56)76(66)54-33-27-50(28-34-54)70(6,7)8/h15-42H,1-14H3. The summed E-state index contributed by atoms with van der Waals surface area (Å²) in [5.41, 5.74) is 25.5. The van der Waals surface area contributed by atoms with Gasteiger partial charge in [0.2, 0.25) is 0 Å². The Balaban J connectivity index is 1.19. The fraction of sp³-hybridized carbons (Fsp3) is 0.250. The number of benzene rings is 9. The molecule has 0 aromatic heterocycles. The van der Waals surface area contributed by atoms with Gasteiger partial charge in [-0.3, -0.25) is 0 Å². The van der Waals surface area contributed by atoms with E-state index < -0.39 is 0 Å². The number of nitrogens with zero attached hydrogens (tertiary/aromatic N) is 2. The first-order valence-corrected chi connectivity index (χ1v) is 28.1. The van der Waals surface area contributed by atoms with Crippen LogP contribution in [0.1, 0.15) is 116 Å². The third-order valence-corrected chi connectivity index (χ3v) is 17.2. The molecule has 78 heavy (non-hydrogen) atoms. The molecule has 4 nitrogen and oxygen atoms in total. The Morgan fingerprint density at radius 2 is 0.641 bits per heavy atom. The number of rotatable bonds is 4. The average Bonchev–Trinajstić information content (AvgIpc) is 3.51. The van der Waals surface area contributed by atoms with Crippen LogP contribution in [0.2, 0.25) is 0 Å². The summed E-state index contributed by atoms with van der Waals surface area (Å²) in [6.45, 7) is 31.6. The third kappa shape index (κ3) is 8.03. The van der Waals surface area contributed by atoms with Gasteiger partial charge in [-0.2, -0.15) is 0 Å². The van der Waals surface area contributed by atoms with Crippen LogP contribution in [0, 0.1) is 13.8 Å². The van der Waals surface area contributed by atoms with Crippen molar-refractivity contribution in [3.05, 3.63) is 203 Å². The molecule has 0 radical (unpaired) electrons. The summed E-state index contributed by atoms with van der Waals surface area (Å²) >= 11 is 0. The number of ether oxygens (including phenoxy) is 2. The minimum absolute atomic E-state index is 0.0277. The van der Waals surface area contributed by atoms with E-state index in [2.05, 4.69) is 277 Å². The maximum absolute atomic E-state index is 7.86. The van der Waals surface area contributed by atoms with E-state index in [1.54, 1.807) is 0 Å². The maximum Gasteiger partial charge on any atom is 0.256 e. The number of hydrogen-bond donors (Lipinski definition) is 0. The molecule has 0 N–H and O–H groups in total. The monoisotopic (exact) mass is 1020 g/mol. The molecule has 4 aliphatic rings. The van der Waals surface area contributed by atoms with Gasteiger partial charge in [0.25, 0.3) is 13.4 Å². The Bertz CT molecular complexity index is 3650. The van der Waals surface area contributed by atoms with Crippen molar-refractivity contribution < 1.29 is 9.47 Å². The molecule has 4 heterocycles. The van der Waals surface area contributed by atoms with Crippen molar-refractivity contribution in [1.82, 2.24) is 0 Å². The second-order valence-corrected chi connectivity index (χ2v) is 26.8. The van der Waals surface area contributed by atoms with E-state index in [1.165, 1.54) is 55.4 Å². The molecule has 0 bridgehead atoms. The van der Waals surface area contributed by atoms with Crippen LogP contribution >= 0.6 is 0 Å². The maximum atomic E-state index is 7.86. The topological polar surface area (TPSA) is 24.9 Å². The lowest BCUT2D eigenvalue weighted by atomic mass is 9.31. The van der Waals surface area contributed by atoms with Crippen LogP contribution in [0.25, 0.3) is 22.3 Å². The fourth-order valence-corrected chi connectivity index (χ4v) is 12.6. The molecule has 9 aromatic carbocycles. The second-order valence-electron chi connectivity index (χ2n) is 26.8. The molecule has 386 valence electrons. The van der Waals surface area contributed by atoms with Crippen LogP contribution < -0.4 is 52.1 Å². The summed E-state index contributed by atoms with van der Waals surface area (Å²) in [6.07, 6.45) is 0. The van der Waals surface area contributed by atoms with Crippen molar-refractivity contribution in [2.24, 2.45) is 0 Å². The Morgan fingerprint density at radius 3 is 0.974 bits per heavy atom. The zero-order chi connectivity index (χ0) is 54.5. The highest BCUT2D eigenvalue weighted by Gasteiger charge is 2.52. The van der Waals surface area contributed by atoms with Crippen molar-refractivity contribution in [3.63, 3.8) is 0 Å². The smallest absolute Gasteiger partial charge is 0.256 e. The molecular formula is C72H70B2N2O2. The lowest BCUT2D eigenvalue weighted by Gasteiger charge is -2.47. The molecule has 13 rings (SSSR count). The lowest BCUT2D eigenvalue weighted by Crippen LogP contribution is -2.64. The van der Waals surface area contributed by atoms with E-state index in [9.17, 15) is 0 Å². The number of hydrogen-bond acceptors (Lipinski definition) is 4. The van der Waals surface area contributed by atoms with Crippen molar-refractivity contribution >= 4 is 80.3 Å². The summed E-state index contributed by atoms with van der Waals surface area (Å²) < 4.78 is 15.7. The molecule has 0 aliphatic carbocycles. The van der Waals surface area contributed by atoms with Crippen LogP contribution in [0.15, 0.2) is 170 Å². The molecule has 0 spiro atoms.